The Morgan fingerprint density at radius 2 is 2.14 bits per heavy atom. The molecule has 0 aliphatic carbocycles. The van der Waals surface area contributed by atoms with E-state index in [9.17, 15) is 4.79 Å². The molecule has 0 saturated carbocycles. The van der Waals surface area contributed by atoms with Crippen molar-refractivity contribution in [3.63, 3.8) is 0 Å². The van der Waals surface area contributed by atoms with Gasteiger partial charge in [-0.2, -0.15) is 5.10 Å². The maximum Gasteiger partial charge on any atom is 0.183 e. The molecule has 1 aromatic rings. The van der Waals surface area contributed by atoms with Gasteiger partial charge in [0.15, 0.2) is 5.78 Å². The molecule has 0 aliphatic rings. The number of hydrogen-bond donors (Lipinski definition) is 0. The van der Waals surface area contributed by atoms with E-state index in [4.69, 9.17) is 0 Å². The van der Waals surface area contributed by atoms with Crippen LogP contribution in [-0.4, -0.2) is 15.6 Å². The van der Waals surface area contributed by atoms with Crippen molar-refractivity contribution in [2.45, 2.75) is 33.1 Å². The number of nitrogens with zero attached hydrogens (tertiary/aromatic N) is 2. The predicted molar refractivity (Wildman–Crippen MR) is 56.2 cm³/mol. The Hall–Kier alpha value is -1.12. The van der Waals surface area contributed by atoms with Gasteiger partial charge >= 0.3 is 0 Å². The van der Waals surface area contributed by atoms with Crippen molar-refractivity contribution in [2.75, 3.05) is 0 Å². The van der Waals surface area contributed by atoms with Gasteiger partial charge in [0, 0.05) is 19.7 Å². The van der Waals surface area contributed by atoms with E-state index in [-0.39, 0.29) is 5.78 Å². The van der Waals surface area contributed by atoms with E-state index in [0.717, 1.165) is 12.8 Å². The molecule has 1 aromatic heterocycles. The molecule has 1 heterocycles. The molecule has 1 rings (SSSR count). The topological polar surface area (TPSA) is 34.9 Å². The molecule has 0 radical (unpaired) electrons. The highest BCUT2D eigenvalue weighted by Crippen LogP contribution is 2.15. The van der Waals surface area contributed by atoms with Crippen LogP contribution in [0, 0.1) is 5.92 Å². The summed E-state index contributed by atoms with van der Waals surface area (Å²) in [6, 6.07) is 1.78. The molecule has 0 fully saturated rings. The minimum Gasteiger partial charge on any atom is -0.292 e. The van der Waals surface area contributed by atoms with E-state index in [1.54, 1.807) is 16.9 Å². The number of hydrogen-bond acceptors (Lipinski definition) is 2. The summed E-state index contributed by atoms with van der Waals surface area (Å²) in [5.41, 5.74) is 0.597. The molecular weight excluding hydrogens is 176 g/mol. The highest BCUT2D eigenvalue weighted by molar-refractivity contribution is 5.94. The van der Waals surface area contributed by atoms with E-state index in [2.05, 4.69) is 18.9 Å². The molecular formula is C11H18N2O. The number of carbonyl (C=O) groups excluding carboxylic acids is 1. The van der Waals surface area contributed by atoms with E-state index in [1.807, 2.05) is 7.05 Å². The lowest BCUT2D eigenvalue weighted by Crippen LogP contribution is -2.08. The van der Waals surface area contributed by atoms with Crippen LogP contribution in [0.2, 0.25) is 0 Å². The van der Waals surface area contributed by atoms with Crippen LogP contribution in [0.5, 0.6) is 0 Å². The first-order valence-corrected chi connectivity index (χ1v) is 5.20. The van der Waals surface area contributed by atoms with E-state index in [1.165, 1.54) is 0 Å². The molecule has 0 saturated heterocycles. The number of aryl methyl sites for hydroxylation is 1. The smallest absolute Gasteiger partial charge is 0.183 e. The largest absolute Gasteiger partial charge is 0.292 e. The predicted octanol–water partition coefficient (Wildman–Crippen LogP) is 2.43. The molecule has 0 bridgehead atoms. The van der Waals surface area contributed by atoms with Gasteiger partial charge in [0.1, 0.15) is 5.69 Å². The third-order valence-corrected chi connectivity index (χ3v) is 2.63. The van der Waals surface area contributed by atoms with Crippen molar-refractivity contribution in [1.29, 1.82) is 0 Å². The lowest BCUT2D eigenvalue weighted by atomic mass is 9.96. The highest BCUT2D eigenvalue weighted by Gasteiger charge is 2.13. The van der Waals surface area contributed by atoms with Crippen molar-refractivity contribution in [1.82, 2.24) is 9.78 Å². The number of rotatable bonds is 5. The van der Waals surface area contributed by atoms with Crippen molar-refractivity contribution in [3.8, 4) is 0 Å². The maximum absolute atomic E-state index is 11.7. The second-order valence-electron chi connectivity index (χ2n) is 3.68. The molecule has 0 aliphatic heterocycles. The molecule has 78 valence electrons. The van der Waals surface area contributed by atoms with Gasteiger partial charge < -0.3 is 0 Å². The first-order chi connectivity index (χ1) is 6.67. The summed E-state index contributed by atoms with van der Waals surface area (Å²) in [6.45, 7) is 4.25. The Balaban J connectivity index is 2.58. The number of Topliss-reactive ketones (excluding diaryl/α,β-unsaturated/α-hetero) is 1. The molecule has 0 spiro atoms. The molecule has 0 unspecified atom stereocenters. The van der Waals surface area contributed by atoms with Gasteiger partial charge in [-0.05, 0) is 12.0 Å². The van der Waals surface area contributed by atoms with Crippen molar-refractivity contribution >= 4 is 5.78 Å². The van der Waals surface area contributed by atoms with E-state index < -0.39 is 0 Å². The zero-order valence-corrected chi connectivity index (χ0v) is 9.16. The van der Waals surface area contributed by atoms with Gasteiger partial charge in [0.25, 0.3) is 0 Å². The van der Waals surface area contributed by atoms with Crippen LogP contribution >= 0.6 is 0 Å². The quantitative estimate of drug-likeness (QED) is 0.675. The van der Waals surface area contributed by atoms with Crippen LogP contribution in [0.4, 0.5) is 0 Å². The molecule has 0 amide bonds. The van der Waals surface area contributed by atoms with E-state index in [0.29, 0.717) is 18.0 Å². The fourth-order valence-electron chi connectivity index (χ4n) is 1.51. The summed E-state index contributed by atoms with van der Waals surface area (Å²) < 4.78 is 1.67. The van der Waals surface area contributed by atoms with Gasteiger partial charge in [-0.1, -0.05) is 26.7 Å². The van der Waals surface area contributed by atoms with Crippen LogP contribution in [0.3, 0.4) is 0 Å². The third-order valence-electron chi connectivity index (χ3n) is 2.63. The van der Waals surface area contributed by atoms with Gasteiger partial charge in [-0.15, -0.1) is 0 Å². The van der Waals surface area contributed by atoms with Crippen LogP contribution in [0.1, 0.15) is 43.6 Å². The maximum atomic E-state index is 11.7. The van der Waals surface area contributed by atoms with Crippen LogP contribution in [-0.2, 0) is 7.05 Å². The molecule has 0 atom stereocenters. The SMILES string of the molecule is CCC(CC)CC(=O)c1ccn(C)n1. The van der Waals surface area contributed by atoms with Crippen LogP contribution < -0.4 is 0 Å². The van der Waals surface area contributed by atoms with Crippen LogP contribution in [0.25, 0.3) is 0 Å². The number of carbonyl (C=O) groups is 1. The van der Waals surface area contributed by atoms with Gasteiger partial charge in [0.2, 0.25) is 0 Å². The Labute approximate surface area is 85.1 Å². The van der Waals surface area contributed by atoms with Crippen molar-refractivity contribution in [2.24, 2.45) is 13.0 Å². The molecule has 3 heteroatoms. The highest BCUT2D eigenvalue weighted by atomic mass is 16.1. The monoisotopic (exact) mass is 194 g/mol. The summed E-state index contributed by atoms with van der Waals surface area (Å²) in [4.78, 5) is 11.7. The second kappa shape index (κ2) is 4.94. The first kappa shape index (κ1) is 11.0. The van der Waals surface area contributed by atoms with Gasteiger partial charge in [-0.3, -0.25) is 9.48 Å². The minimum atomic E-state index is 0.166. The fourth-order valence-corrected chi connectivity index (χ4v) is 1.51. The zero-order valence-electron chi connectivity index (χ0n) is 9.16. The van der Waals surface area contributed by atoms with Gasteiger partial charge in [0.05, 0.1) is 0 Å². The molecule has 0 N–H and O–H groups in total. The van der Waals surface area contributed by atoms with Crippen molar-refractivity contribution in [3.05, 3.63) is 18.0 Å². The standard InChI is InChI=1S/C11H18N2O/c1-4-9(5-2)8-11(14)10-6-7-13(3)12-10/h6-7,9H,4-5,8H2,1-3H3. The Bertz CT molecular complexity index is 300. The number of ketones is 1. The minimum absolute atomic E-state index is 0.166. The van der Waals surface area contributed by atoms with Crippen molar-refractivity contribution < 1.29 is 4.79 Å². The Kier molecular flexibility index (Phi) is 3.86. The lowest BCUT2D eigenvalue weighted by Gasteiger charge is -2.09. The summed E-state index contributed by atoms with van der Waals surface area (Å²) in [5, 5.41) is 4.10. The zero-order chi connectivity index (χ0) is 10.6. The summed E-state index contributed by atoms with van der Waals surface area (Å²) >= 11 is 0. The third kappa shape index (κ3) is 2.69. The normalized spacial score (nSPS) is 10.9. The van der Waals surface area contributed by atoms with E-state index >= 15 is 0 Å². The first-order valence-electron chi connectivity index (χ1n) is 5.20. The average Bonchev–Trinajstić information content (AvgIpc) is 2.61. The molecule has 0 aromatic carbocycles. The summed E-state index contributed by atoms with van der Waals surface area (Å²) in [7, 11) is 1.83. The average molecular weight is 194 g/mol. The second-order valence-corrected chi connectivity index (χ2v) is 3.68. The summed E-state index contributed by atoms with van der Waals surface area (Å²) in [6.07, 6.45) is 4.56. The van der Waals surface area contributed by atoms with Gasteiger partial charge in [-0.25, -0.2) is 0 Å². The number of aromatic nitrogens is 2. The summed E-state index contributed by atoms with van der Waals surface area (Å²) in [5.74, 6) is 0.670. The Morgan fingerprint density at radius 1 is 1.50 bits per heavy atom. The Morgan fingerprint density at radius 3 is 2.57 bits per heavy atom. The fraction of sp³-hybridized carbons (Fsp3) is 0.636. The molecule has 14 heavy (non-hydrogen) atoms. The lowest BCUT2D eigenvalue weighted by molar-refractivity contribution is 0.0953. The van der Waals surface area contributed by atoms with Crippen LogP contribution in [0.15, 0.2) is 12.3 Å². The molecule has 3 nitrogen and oxygen atoms in total.